The molecule has 0 saturated heterocycles. The molecule has 1 aromatic heterocycles. The van der Waals surface area contributed by atoms with Crippen LogP contribution in [0.3, 0.4) is 0 Å². The summed E-state index contributed by atoms with van der Waals surface area (Å²) in [5, 5.41) is 0.681. The lowest BCUT2D eigenvalue weighted by Gasteiger charge is -2.37. The molecule has 0 radical (unpaired) electrons. The summed E-state index contributed by atoms with van der Waals surface area (Å²) in [6, 6.07) is 0. The second kappa shape index (κ2) is 6.25. The van der Waals surface area contributed by atoms with Gasteiger partial charge in [-0.2, -0.15) is 0 Å². The van der Waals surface area contributed by atoms with Crippen molar-refractivity contribution in [2.75, 3.05) is 6.61 Å². The Hall–Kier alpha value is 0.1000. The van der Waals surface area contributed by atoms with E-state index >= 15 is 0 Å². The number of rotatable bonds is 3. The van der Waals surface area contributed by atoms with Gasteiger partial charge in [-0.05, 0) is 54.5 Å². The summed E-state index contributed by atoms with van der Waals surface area (Å²) in [5.41, 5.74) is -0.435. The molecule has 0 aromatic carbocycles. The fraction of sp³-hybridized carbons (Fsp3) is 0.692. The van der Waals surface area contributed by atoms with Crippen LogP contribution in [-0.4, -0.2) is 16.6 Å². The number of hydrogen-bond donors (Lipinski definition) is 0. The average Bonchev–Trinajstić information content (AvgIpc) is 2.38. The van der Waals surface area contributed by atoms with Crippen molar-refractivity contribution in [1.82, 2.24) is 9.97 Å². The Morgan fingerprint density at radius 2 is 1.79 bits per heavy atom. The van der Waals surface area contributed by atoms with Crippen molar-refractivity contribution in [3.63, 3.8) is 0 Å². The van der Waals surface area contributed by atoms with Gasteiger partial charge in [-0.3, -0.25) is 0 Å². The highest BCUT2D eigenvalue weighted by Crippen LogP contribution is 2.42. The van der Waals surface area contributed by atoms with Crippen LogP contribution in [0.5, 0.6) is 0 Å². The second-order valence-corrected chi connectivity index (χ2v) is 6.56. The van der Waals surface area contributed by atoms with Gasteiger partial charge >= 0.3 is 0 Å². The topological polar surface area (TPSA) is 35.0 Å². The van der Waals surface area contributed by atoms with Crippen LogP contribution in [-0.2, 0) is 10.3 Å². The minimum atomic E-state index is -0.435. The molecule has 0 spiro atoms. The summed E-state index contributed by atoms with van der Waals surface area (Å²) in [4.78, 5) is 8.74. The van der Waals surface area contributed by atoms with Crippen LogP contribution in [0.25, 0.3) is 0 Å². The molecule has 106 valence electrons. The number of halogens is 3. The van der Waals surface area contributed by atoms with Crippen molar-refractivity contribution in [2.45, 2.75) is 45.1 Å². The number of hydrogen-bond acceptors (Lipinski definition) is 3. The van der Waals surface area contributed by atoms with E-state index in [2.05, 4.69) is 32.8 Å². The van der Waals surface area contributed by atoms with E-state index in [9.17, 15) is 0 Å². The van der Waals surface area contributed by atoms with Gasteiger partial charge in [-0.25, -0.2) is 9.97 Å². The van der Waals surface area contributed by atoms with E-state index in [1.807, 2.05) is 6.92 Å². The molecule has 1 saturated carbocycles. The molecule has 0 bridgehead atoms. The molecule has 1 aliphatic rings. The first-order valence-electron chi connectivity index (χ1n) is 6.51. The van der Waals surface area contributed by atoms with Gasteiger partial charge in [-0.1, -0.05) is 30.1 Å². The smallest absolute Gasteiger partial charge is 0.163 e. The van der Waals surface area contributed by atoms with Crippen LogP contribution in [0, 0.1) is 5.92 Å². The standard InChI is InChI=1S/C13H17BrCl2N2O/c1-3-19-13(6-4-8(2)5-7-13)12-17-10(15)9(14)11(16)18-12/h8H,3-7H2,1-2H3. The van der Waals surface area contributed by atoms with Crippen LogP contribution < -0.4 is 0 Å². The summed E-state index contributed by atoms with van der Waals surface area (Å²) in [7, 11) is 0. The van der Waals surface area contributed by atoms with Crippen molar-refractivity contribution in [1.29, 1.82) is 0 Å². The van der Waals surface area contributed by atoms with Crippen molar-refractivity contribution in [2.24, 2.45) is 5.92 Å². The molecule has 6 heteroatoms. The lowest BCUT2D eigenvalue weighted by Crippen LogP contribution is -2.36. The highest BCUT2D eigenvalue weighted by Gasteiger charge is 2.40. The third-order valence-corrected chi connectivity index (χ3v) is 5.44. The Labute approximate surface area is 132 Å². The fourth-order valence-corrected chi connectivity index (χ4v) is 3.10. The van der Waals surface area contributed by atoms with E-state index in [1.54, 1.807) is 0 Å². The molecule has 3 nitrogen and oxygen atoms in total. The summed E-state index contributed by atoms with van der Waals surface area (Å²) in [5.74, 6) is 1.33. The summed E-state index contributed by atoms with van der Waals surface area (Å²) < 4.78 is 6.53. The van der Waals surface area contributed by atoms with Crippen molar-refractivity contribution in [3.05, 3.63) is 20.6 Å². The summed E-state index contributed by atoms with van der Waals surface area (Å²) in [6.45, 7) is 4.88. The third-order valence-electron chi connectivity index (χ3n) is 3.68. The van der Waals surface area contributed by atoms with Gasteiger partial charge in [0.1, 0.15) is 15.9 Å². The number of aromatic nitrogens is 2. The molecule has 0 aliphatic heterocycles. The monoisotopic (exact) mass is 366 g/mol. The van der Waals surface area contributed by atoms with Gasteiger partial charge < -0.3 is 4.74 Å². The molecule has 1 fully saturated rings. The van der Waals surface area contributed by atoms with Crippen LogP contribution in [0.2, 0.25) is 10.3 Å². The fourth-order valence-electron chi connectivity index (χ4n) is 2.54. The minimum absolute atomic E-state index is 0.340. The minimum Gasteiger partial charge on any atom is -0.367 e. The maximum absolute atomic E-state index is 6.09. The van der Waals surface area contributed by atoms with Crippen LogP contribution in [0.4, 0.5) is 0 Å². The Kier molecular flexibility index (Phi) is 5.09. The van der Waals surface area contributed by atoms with E-state index in [0.29, 0.717) is 27.2 Å². The van der Waals surface area contributed by atoms with Crippen LogP contribution >= 0.6 is 39.1 Å². The predicted octanol–water partition coefficient (Wildman–Crippen LogP) is 4.99. The molecule has 1 aliphatic carbocycles. The van der Waals surface area contributed by atoms with Gasteiger partial charge in [0, 0.05) is 6.61 Å². The Morgan fingerprint density at radius 1 is 1.26 bits per heavy atom. The lowest BCUT2D eigenvalue weighted by molar-refractivity contribution is -0.0837. The summed E-state index contributed by atoms with van der Waals surface area (Å²) in [6.07, 6.45) is 4.04. The normalized spacial score (nSPS) is 27.5. The molecule has 19 heavy (non-hydrogen) atoms. The zero-order valence-corrected chi connectivity index (χ0v) is 14.1. The van der Waals surface area contributed by atoms with Gasteiger partial charge in [-0.15, -0.1) is 0 Å². The SMILES string of the molecule is CCOC1(c2nc(Cl)c(Br)c(Cl)n2)CCC(C)CC1. The van der Waals surface area contributed by atoms with Gasteiger partial charge in [0.05, 0.1) is 4.47 Å². The first kappa shape index (κ1) is 15.5. The maximum Gasteiger partial charge on any atom is 0.163 e. The van der Waals surface area contributed by atoms with E-state index in [1.165, 1.54) is 0 Å². The third kappa shape index (κ3) is 3.23. The van der Waals surface area contributed by atoms with E-state index < -0.39 is 5.60 Å². The lowest BCUT2D eigenvalue weighted by atomic mass is 9.79. The Morgan fingerprint density at radius 3 is 2.26 bits per heavy atom. The molecule has 2 rings (SSSR count). The van der Waals surface area contributed by atoms with Crippen molar-refractivity contribution >= 4 is 39.1 Å². The van der Waals surface area contributed by atoms with Gasteiger partial charge in [0.15, 0.2) is 5.82 Å². The molecule has 0 N–H and O–H groups in total. The van der Waals surface area contributed by atoms with Gasteiger partial charge in [0.25, 0.3) is 0 Å². The van der Waals surface area contributed by atoms with Gasteiger partial charge in [0.2, 0.25) is 0 Å². The molecular formula is C13H17BrCl2N2O. The second-order valence-electron chi connectivity index (χ2n) is 5.05. The molecule has 0 atom stereocenters. The number of nitrogens with zero attached hydrogens (tertiary/aromatic N) is 2. The highest BCUT2D eigenvalue weighted by molar-refractivity contribution is 9.10. The molecular weight excluding hydrogens is 351 g/mol. The van der Waals surface area contributed by atoms with E-state index in [-0.39, 0.29) is 0 Å². The zero-order chi connectivity index (χ0) is 14.0. The molecule has 0 amide bonds. The predicted molar refractivity (Wildman–Crippen MR) is 80.7 cm³/mol. The maximum atomic E-state index is 6.09. The highest BCUT2D eigenvalue weighted by atomic mass is 79.9. The van der Waals surface area contributed by atoms with Crippen LogP contribution in [0.15, 0.2) is 4.47 Å². The van der Waals surface area contributed by atoms with E-state index in [0.717, 1.165) is 31.6 Å². The van der Waals surface area contributed by atoms with Crippen molar-refractivity contribution in [3.8, 4) is 0 Å². The zero-order valence-electron chi connectivity index (χ0n) is 11.0. The molecule has 1 heterocycles. The van der Waals surface area contributed by atoms with Crippen LogP contribution in [0.1, 0.15) is 45.4 Å². The van der Waals surface area contributed by atoms with Crippen molar-refractivity contribution < 1.29 is 4.74 Å². The molecule has 1 aromatic rings. The largest absolute Gasteiger partial charge is 0.367 e. The quantitative estimate of drug-likeness (QED) is 0.706. The number of ether oxygens (including phenoxy) is 1. The first-order chi connectivity index (χ1) is 8.98. The first-order valence-corrected chi connectivity index (χ1v) is 8.06. The summed E-state index contributed by atoms with van der Waals surface area (Å²) >= 11 is 15.5. The molecule has 0 unspecified atom stereocenters. The average molecular weight is 368 g/mol. The Balaban J connectivity index is 2.39. The van der Waals surface area contributed by atoms with E-state index in [4.69, 9.17) is 27.9 Å². The Bertz CT molecular complexity index is 439.